The first kappa shape index (κ1) is 17.2. The highest BCUT2D eigenvalue weighted by molar-refractivity contribution is 5.91. The molecule has 7 heteroatoms. The van der Waals surface area contributed by atoms with Gasteiger partial charge in [-0.3, -0.25) is 0 Å². The molecule has 0 saturated carbocycles. The summed E-state index contributed by atoms with van der Waals surface area (Å²) >= 11 is 0. The first-order chi connectivity index (χ1) is 13.0. The third kappa shape index (κ3) is 2.95. The lowest BCUT2D eigenvalue weighted by Crippen LogP contribution is -2.03. The second-order valence-corrected chi connectivity index (χ2v) is 7.05. The molecule has 1 aromatic carbocycles. The summed E-state index contributed by atoms with van der Waals surface area (Å²) < 4.78 is 17.3. The van der Waals surface area contributed by atoms with Crippen LogP contribution in [0.25, 0.3) is 27.7 Å². The minimum Gasteiger partial charge on any atom is -0.494 e. The fourth-order valence-corrected chi connectivity index (χ4v) is 3.30. The first-order valence-electron chi connectivity index (χ1n) is 8.81. The molecule has 0 aliphatic heterocycles. The Morgan fingerprint density at radius 2 is 2.04 bits per heavy atom. The number of fused-ring (bicyclic) bond motifs is 1. The number of aromatic hydroxyl groups is 1. The zero-order valence-electron chi connectivity index (χ0n) is 15.4. The summed E-state index contributed by atoms with van der Waals surface area (Å²) in [6.45, 7) is 6.79. The summed E-state index contributed by atoms with van der Waals surface area (Å²) in [5, 5.41) is 20.5. The third-order valence-corrected chi connectivity index (χ3v) is 4.56. The van der Waals surface area contributed by atoms with Crippen LogP contribution in [0.4, 0.5) is 4.39 Å². The van der Waals surface area contributed by atoms with Crippen molar-refractivity contribution in [3.63, 3.8) is 0 Å². The molecule has 3 heterocycles. The largest absolute Gasteiger partial charge is 0.494 e. The van der Waals surface area contributed by atoms with Gasteiger partial charge in [0, 0.05) is 35.3 Å². The van der Waals surface area contributed by atoms with Crippen molar-refractivity contribution in [3.05, 3.63) is 54.4 Å². The highest BCUT2D eigenvalue weighted by Crippen LogP contribution is 2.32. The van der Waals surface area contributed by atoms with Crippen LogP contribution < -0.4 is 0 Å². The maximum absolute atomic E-state index is 14.0. The summed E-state index contributed by atoms with van der Waals surface area (Å²) in [5.74, 6) is 0.0972. The maximum Gasteiger partial charge on any atom is 0.238 e. The SMILES string of the molecule is Cc1c(-c2ccc3c(O)n(CC(C)C)cc3c2)nnn1-c1cccnc1F. The van der Waals surface area contributed by atoms with Crippen LogP contribution in [-0.4, -0.2) is 29.7 Å². The molecular formula is C20H20FN5O. The van der Waals surface area contributed by atoms with Crippen molar-refractivity contribution < 1.29 is 9.50 Å². The molecule has 0 fully saturated rings. The molecule has 0 aliphatic rings. The topological polar surface area (TPSA) is 68.8 Å². The minimum atomic E-state index is -0.594. The van der Waals surface area contributed by atoms with E-state index in [4.69, 9.17) is 0 Å². The predicted molar refractivity (Wildman–Crippen MR) is 101 cm³/mol. The zero-order valence-corrected chi connectivity index (χ0v) is 15.4. The van der Waals surface area contributed by atoms with Crippen molar-refractivity contribution in [2.75, 3.05) is 0 Å². The number of pyridine rings is 1. The van der Waals surface area contributed by atoms with Crippen LogP contribution in [0.2, 0.25) is 0 Å². The number of hydrogen-bond acceptors (Lipinski definition) is 4. The average Bonchev–Trinajstić information content (AvgIpc) is 3.15. The van der Waals surface area contributed by atoms with Crippen molar-refractivity contribution in [2.24, 2.45) is 5.92 Å². The van der Waals surface area contributed by atoms with Crippen molar-refractivity contribution in [3.8, 4) is 22.8 Å². The summed E-state index contributed by atoms with van der Waals surface area (Å²) in [7, 11) is 0. The van der Waals surface area contributed by atoms with Gasteiger partial charge >= 0.3 is 0 Å². The third-order valence-electron chi connectivity index (χ3n) is 4.56. The lowest BCUT2D eigenvalue weighted by atomic mass is 10.1. The average molecular weight is 365 g/mol. The molecule has 0 spiro atoms. The number of nitrogens with zero attached hydrogens (tertiary/aromatic N) is 5. The Morgan fingerprint density at radius 3 is 2.78 bits per heavy atom. The molecule has 0 unspecified atom stereocenters. The fourth-order valence-electron chi connectivity index (χ4n) is 3.30. The molecule has 0 saturated heterocycles. The van der Waals surface area contributed by atoms with E-state index in [9.17, 15) is 9.50 Å². The van der Waals surface area contributed by atoms with Gasteiger partial charge in [-0.1, -0.05) is 25.1 Å². The van der Waals surface area contributed by atoms with Crippen molar-refractivity contribution in [2.45, 2.75) is 27.3 Å². The molecule has 1 N–H and O–H groups in total. The molecule has 4 rings (SSSR count). The summed E-state index contributed by atoms with van der Waals surface area (Å²) in [5.41, 5.74) is 2.50. The molecule has 0 aliphatic carbocycles. The first-order valence-corrected chi connectivity index (χ1v) is 8.81. The van der Waals surface area contributed by atoms with Crippen LogP contribution in [0.5, 0.6) is 5.88 Å². The lowest BCUT2D eigenvalue weighted by molar-refractivity contribution is 0.399. The molecule has 138 valence electrons. The van der Waals surface area contributed by atoms with E-state index in [0.717, 1.165) is 22.9 Å². The molecule has 0 radical (unpaired) electrons. The second kappa shape index (κ2) is 6.50. The van der Waals surface area contributed by atoms with E-state index in [1.165, 1.54) is 10.9 Å². The van der Waals surface area contributed by atoms with Crippen LogP contribution in [0.3, 0.4) is 0 Å². The predicted octanol–water partition coefficient (Wildman–Crippen LogP) is 4.09. The van der Waals surface area contributed by atoms with Crippen molar-refractivity contribution >= 4 is 10.8 Å². The second-order valence-electron chi connectivity index (χ2n) is 7.05. The standard InChI is InChI=1S/C20H20FN5O/c1-12(2)10-25-11-15-9-14(6-7-16(15)20(25)27)18-13(3)26(24-23-18)17-5-4-8-22-19(17)21/h4-9,11-12,27H,10H2,1-3H3. The van der Waals surface area contributed by atoms with Gasteiger partial charge in [-0.2, -0.15) is 4.39 Å². The van der Waals surface area contributed by atoms with Crippen LogP contribution in [-0.2, 0) is 6.54 Å². The van der Waals surface area contributed by atoms with E-state index in [-0.39, 0.29) is 11.6 Å². The number of hydrogen-bond donors (Lipinski definition) is 1. The number of benzene rings is 1. The van der Waals surface area contributed by atoms with Gasteiger partial charge in [0.1, 0.15) is 11.4 Å². The molecular weight excluding hydrogens is 345 g/mol. The molecule has 6 nitrogen and oxygen atoms in total. The Balaban J connectivity index is 1.78. The van der Waals surface area contributed by atoms with Crippen LogP contribution in [0, 0.1) is 18.8 Å². The molecule has 3 aromatic heterocycles. The van der Waals surface area contributed by atoms with Gasteiger partial charge < -0.3 is 9.67 Å². The normalized spacial score (nSPS) is 11.6. The smallest absolute Gasteiger partial charge is 0.238 e. The van der Waals surface area contributed by atoms with Gasteiger partial charge in [-0.25, -0.2) is 9.67 Å². The summed E-state index contributed by atoms with van der Waals surface area (Å²) in [6.07, 6.45) is 3.34. The number of aromatic nitrogens is 5. The Kier molecular flexibility index (Phi) is 4.14. The Labute approximate surface area is 155 Å². The number of rotatable bonds is 4. The maximum atomic E-state index is 14.0. The van der Waals surface area contributed by atoms with Crippen LogP contribution in [0.15, 0.2) is 42.7 Å². The molecule has 0 atom stereocenters. The Morgan fingerprint density at radius 1 is 1.22 bits per heavy atom. The van der Waals surface area contributed by atoms with Crippen molar-refractivity contribution in [1.29, 1.82) is 0 Å². The van der Waals surface area contributed by atoms with E-state index in [1.807, 2.05) is 35.9 Å². The van der Waals surface area contributed by atoms with Gasteiger partial charge in [0.05, 0.1) is 5.69 Å². The van der Waals surface area contributed by atoms with Gasteiger partial charge in [-0.15, -0.1) is 5.10 Å². The van der Waals surface area contributed by atoms with Crippen LogP contribution in [0.1, 0.15) is 19.5 Å². The van der Waals surface area contributed by atoms with E-state index < -0.39 is 5.95 Å². The number of halogens is 1. The van der Waals surface area contributed by atoms with E-state index in [2.05, 4.69) is 29.1 Å². The van der Waals surface area contributed by atoms with E-state index in [1.54, 1.807) is 12.1 Å². The van der Waals surface area contributed by atoms with Gasteiger partial charge in [0.25, 0.3) is 0 Å². The monoisotopic (exact) mass is 365 g/mol. The van der Waals surface area contributed by atoms with Gasteiger partial charge in [-0.05, 0) is 37.1 Å². The zero-order chi connectivity index (χ0) is 19.1. The van der Waals surface area contributed by atoms with E-state index in [0.29, 0.717) is 17.3 Å². The van der Waals surface area contributed by atoms with Gasteiger partial charge in [0.2, 0.25) is 5.95 Å². The quantitative estimate of drug-likeness (QED) is 0.553. The Hall–Kier alpha value is -3.22. The molecule has 0 amide bonds. The highest BCUT2D eigenvalue weighted by atomic mass is 19.1. The Bertz CT molecular complexity index is 1130. The minimum absolute atomic E-state index is 0.260. The fraction of sp³-hybridized carbons (Fsp3) is 0.250. The van der Waals surface area contributed by atoms with E-state index >= 15 is 0 Å². The molecule has 27 heavy (non-hydrogen) atoms. The van der Waals surface area contributed by atoms with Crippen molar-refractivity contribution in [1.82, 2.24) is 24.5 Å². The summed E-state index contributed by atoms with van der Waals surface area (Å²) in [6, 6.07) is 9.00. The lowest BCUT2D eigenvalue weighted by Gasteiger charge is -2.06. The van der Waals surface area contributed by atoms with Gasteiger partial charge in [0.15, 0.2) is 5.88 Å². The highest BCUT2D eigenvalue weighted by Gasteiger charge is 2.17. The summed E-state index contributed by atoms with van der Waals surface area (Å²) in [4.78, 5) is 3.67. The molecule has 0 bridgehead atoms. The van der Waals surface area contributed by atoms with Crippen LogP contribution >= 0.6 is 0 Å². The molecule has 4 aromatic rings.